The molecule has 1 atom stereocenters. The van der Waals surface area contributed by atoms with Gasteiger partial charge < -0.3 is 10.5 Å². The number of hydrogen-bond acceptors (Lipinski definition) is 4. The van der Waals surface area contributed by atoms with Crippen molar-refractivity contribution in [2.24, 2.45) is 5.73 Å². The van der Waals surface area contributed by atoms with Gasteiger partial charge in [-0.15, -0.1) is 11.8 Å². The molecule has 0 saturated heterocycles. The zero-order valence-corrected chi connectivity index (χ0v) is 16.8. The molecule has 0 fully saturated rings. The van der Waals surface area contributed by atoms with Crippen LogP contribution in [0.4, 0.5) is 0 Å². The number of nitrogens with two attached hydrogens (primary N) is 1. The number of allylic oxidation sites excluding steroid dienone is 3. The summed E-state index contributed by atoms with van der Waals surface area (Å²) in [7, 11) is 0. The molecule has 1 rings (SSSR count). The number of nitrogens with zero attached hydrogens (tertiary/aromatic N) is 1. The van der Waals surface area contributed by atoms with Crippen molar-refractivity contribution in [3.63, 3.8) is 0 Å². The molecule has 0 aliphatic heterocycles. The first-order chi connectivity index (χ1) is 12.3. The first-order valence-corrected chi connectivity index (χ1v) is 9.57. The zero-order valence-electron chi connectivity index (χ0n) is 16.0. The van der Waals surface area contributed by atoms with E-state index in [1.807, 2.05) is 31.3 Å². The highest BCUT2D eigenvalue weighted by Gasteiger charge is 2.11. The summed E-state index contributed by atoms with van der Waals surface area (Å²) in [5.41, 5.74) is 9.96. The second kappa shape index (κ2) is 11.4. The van der Waals surface area contributed by atoms with Crippen molar-refractivity contribution in [1.29, 1.82) is 0 Å². The summed E-state index contributed by atoms with van der Waals surface area (Å²) in [5, 5.41) is 0.763. The molecule has 0 aliphatic rings. The lowest BCUT2D eigenvalue weighted by Gasteiger charge is -2.16. The molecule has 0 radical (unpaired) electrons. The minimum absolute atomic E-state index is 0.177. The van der Waals surface area contributed by atoms with E-state index < -0.39 is 0 Å². The molecule has 1 heterocycles. The van der Waals surface area contributed by atoms with Crippen LogP contribution in [0.25, 0.3) is 0 Å². The van der Waals surface area contributed by atoms with Crippen molar-refractivity contribution >= 4 is 11.8 Å². The second-order valence-corrected chi connectivity index (χ2v) is 7.52. The third-order valence-corrected chi connectivity index (χ3v) is 4.89. The van der Waals surface area contributed by atoms with Gasteiger partial charge in [0, 0.05) is 23.6 Å². The number of ether oxygens (including phenoxy) is 1. The third-order valence-electron chi connectivity index (χ3n) is 3.74. The number of rotatable bonds is 12. The highest BCUT2D eigenvalue weighted by Crippen LogP contribution is 2.27. The summed E-state index contributed by atoms with van der Waals surface area (Å²) in [4.78, 5) is 4.42. The molecular formula is C22H30N2OS. The summed E-state index contributed by atoms with van der Waals surface area (Å²) < 4.78 is 5.65. The normalized spacial score (nSPS) is 11.9. The van der Waals surface area contributed by atoms with Crippen LogP contribution in [0.2, 0.25) is 0 Å². The van der Waals surface area contributed by atoms with Crippen LogP contribution in [-0.4, -0.2) is 16.8 Å². The van der Waals surface area contributed by atoms with E-state index in [0.717, 1.165) is 36.1 Å². The Morgan fingerprint density at radius 3 is 2.54 bits per heavy atom. The Hall–Kier alpha value is -2.20. The first-order valence-electron chi connectivity index (χ1n) is 8.69. The first kappa shape index (κ1) is 21.8. The van der Waals surface area contributed by atoms with Gasteiger partial charge in [0.1, 0.15) is 5.76 Å². The van der Waals surface area contributed by atoms with Crippen molar-refractivity contribution in [3.8, 4) is 0 Å². The van der Waals surface area contributed by atoms with Crippen LogP contribution in [0, 0.1) is 0 Å². The molecule has 4 heteroatoms. The van der Waals surface area contributed by atoms with E-state index in [-0.39, 0.29) is 5.25 Å². The van der Waals surface area contributed by atoms with Gasteiger partial charge in [-0.05, 0) is 37.5 Å². The van der Waals surface area contributed by atoms with E-state index in [1.165, 1.54) is 17.3 Å². The van der Waals surface area contributed by atoms with E-state index >= 15 is 0 Å². The van der Waals surface area contributed by atoms with Gasteiger partial charge in [0.05, 0.1) is 11.6 Å². The summed E-state index contributed by atoms with van der Waals surface area (Å²) in [6.07, 6.45) is 8.19. The Morgan fingerprint density at radius 2 is 2.00 bits per heavy atom. The number of hydrogen-bond donors (Lipinski definition) is 1. The van der Waals surface area contributed by atoms with Crippen LogP contribution in [-0.2, 0) is 17.6 Å². The maximum Gasteiger partial charge on any atom is 0.112 e. The molecule has 0 amide bonds. The van der Waals surface area contributed by atoms with Gasteiger partial charge in [0.2, 0.25) is 0 Å². The summed E-state index contributed by atoms with van der Waals surface area (Å²) >= 11 is 1.51. The SMILES string of the molecule is C=C(/C=C\C(=C)OCCc1ccc(CC)cn1)CC(SC(=C)N)C(=C)C. The molecular weight excluding hydrogens is 340 g/mol. The van der Waals surface area contributed by atoms with E-state index in [2.05, 4.69) is 44.3 Å². The number of thioether (sulfide) groups is 1. The molecule has 0 aliphatic carbocycles. The van der Waals surface area contributed by atoms with Crippen LogP contribution >= 0.6 is 11.8 Å². The lowest BCUT2D eigenvalue weighted by atomic mass is 10.1. The Bertz CT molecular complexity index is 674. The van der Waals surface area contributed by atoms with E-state index in [4.69, 9.17) is 10.5 Å². The molecule has 0 spiro atoms. The largest absolute Gasteiger partial charge is 0.494 e. The predicted molar refractivity (Wildman–Crippen MR) is 115 cm³/mol. The van der Waals surface area contributed by atoms with Gasteiger partial charge in [0.15, 0.2) is 0 Å². The Kier molecular flexibility index (Phi) is 9.60. The molecule has 1 aromatic rings. The molecule has 140 valence electrons. The molecule has 26 heavy (non-hydrogen) atoms. The van der Waals surface area contributed by atoms with Crippen LogP contribution in [0.1, 0.15) is 31.5 Å². The Morgan fingerprint density at radius 1 is 1.27 bits per heavy atom. The lowest BCUT2D eigenvalue weighted by molar-refractivity contribution is 0.229. The minimum atomic E-state index is 0.177. The van der Waals surface area contributed by atoms with Gasteiger partial charge in [-0.3, -0.25) is 4.98 Å². The summed E-state index contributed by atoms with van der Waals surface area (Å²) in [6, 6.07) is 4.15. The highest BCUT2D eigenvalue weighted by molar-refractivity contribution is 8.03. The zero-order chi connectivity index (χ0) is 19.5. The number of aryl methyl sites for hydroxylation is 1. The summed E-state index contributed by atoms with van der Waals surface area (Å²) in [5.74, 6) is 0.610. The monoisotopic (exact) mass is 370 g/mol. The van der Waals surface area contributed by atoms with E-state index in [1.54, 1.807) is 0 Å². The summed E-state index contributed by atoms with van der Waals surface area (Å²) in [6.45, 7) is 20.4. The van der Waals surface area contributed by atoms with Crippen molar-refractivity contribution in [2.45, 2.75) is 38.4 Å². The Balaban J connectivity index is 2.39. The molecule has 2 N–H and O–H groups in total. The standard InChI is InChI=1S/C22H30N2OS/c1-7-20-10-11-21(24-15-20)12-13-25-18(5)9-8-17(4)14-22(16(2)3)26-19(6)23/h8-11,15,22H,2,4-7,12-14,23H2,1,3H3/b9-8-. The van der Waals surface area contributed by atoms with Gasteiger partial charge in [-0.2, -0.15) is 0 Å². The average molecular weight is 371 g/mol. The van der Waals surface area contributed by atoms with Crippen LogP contribution in [0.15, 0.2) is 78.7 Å². The van der Waals surface area contributed by atoms with Crippen molar-refractivity contribution in [3.05, 3.63) is 90.0 Å². The fourth-order valence-corrected chi connectivity index (χ4v) is 3.03. The molecule has 0 aromatic carbocycles. The van der Waals surface area contributed by atoms with Crippen molar-refractivity contribution in [1.82, 2.24) is 4.98 Å². The van der Waals surface area contributed by atoms with Crippen LogP contribution < -0.4 is 5.73 Å². The molecule has 3 nitrogen and oxygen atoms in total. The molecule has 0 saturated carbocycles. The molecule has 1 unspecified atom stereocenters. The van der Waals surface area contributed by atoms with Gasteiger partial charge >= 0.3 is 0 Å². The second-order valence-electron chi connectivity index (χ2n) is 6.19. The van der Waals surface area contributed by atoms with E-state index in [9.17, 15) is 0 Å². The number of pyridine rings is 1. The van der Waals surface area contributed by atoms with Crippen LogP contribution in [0.5, 0.6) is 0 Å². The molecule has 1 aromatic heterocycles. The van der Waals surface area contributed by atoms with Gasteiger partial charge in [-0.25, -0.2) is 0 Å². The van der Waals surface area contributed by atoms with Crippen molar-refractivity contribution in [2.75, 3.05) is 6.61 Å². The lowest BCUT2D eigenvalue weighted by Crippen LogP contribution is -2.07. The Labute approximate surface area is 162 Å². The fourth-order valence-electron chi connectivity index (χ4n) is 2.16. The molecule has 0 bridgehead atoms. The van der Waals surface area contributed by atoms with Crippen molar-refractivity contribution < 1.29 is 4.74 Å². The fraction of sp³-hybridized carbons (Fsp3) is 0.318. The third kappa shape index (κ3) is 8.77. The van der Waals surface area contributed by atoms with Gasteiger partial charge in [0.25, 0.3) is 0 Å². The smallest absolute Gasteiger partial charge is 0.112 e. The maximum atomic E-state index is 5.69. The van der Waals surface area contributed by atoms with Gasteiger partial charge in [-0.1, -0.05) is 56.5 Å². The number of aromatic nitrogens is 1. The maximum absolute atomic E-state index is 5.69. The highest BCUT2D eigenvalue weighted by atomic mass is 32.2. The van der Waals surface area contributed by atoms with Crippen LogP contribution in [0.3, 0.4) is 0 Å². The van der Waals surface area contributed by atoms with E-state index in [0.29, 0.717) is 17.4 Å². The minimum Gasteiger partial charge on any atom is -0.494 e. The average Bonchev–Trinajstić information content (AvgIpc) is 2.59. The quantitative estimate of drug-likeness (QED) is 0.307. The predicted octanol–water partition coefficient (Wildman–Crippen LogP) is 5.33. The topological polar surface area (TPSA) is 48.1 Å².